The van der Waals surface area contributed by atoms with Crippen LogP contribution >= 0.6 is 0 Å². The largest absolute Gasteiger partial charge is 0.285 e. The summed E-state index contributed by atoms with van der Waals surface area (Å²) >= 11 is 0. The Morgan fingerprint density at radius 2 is 2.20 bits per heavy atom. The SMILES string of the molecule is C=CCCCS(=O)(=O)N(C)Cc1nnc2ccccn12. The van der Waals surface area contributed by atoms with Gasteiger partial charge in [0.1, 0.15) is 0 Å². The Balaban J connectivity index is 2.11. The number of hydrogen-bond donors (Lipinski definition) is 0. The lowest BCUT2D eigenvalue weighted by atomic mass is 10.3. The zero-order valence-corrected chi connectivity index (χ0v) is 12.3. The van der Waals surface area contributed by atoms with Gasteiger partial charge < -0.3 is 0 Å². The van der Waals surface area contributed by atoms with Crippen LogP contribution in [-0.2, 0) is 16.6 Å². The van der Waals surface area contributed by atoms with Gasteiger partial charge in [-0.2, -0.15) is 4.31 Å². The highest BCUT2D eigenvalue weighted by molar-refractivity contribution is 7.89. The molecule has 0 spiro atoms. The lowest BCUT2D eigenvalue weighted by Crippen LogP contribution is -2.29. The smallest absolute Gasteiger partial charge is 0.214 e. The molecular weight excluding hydrogens is 276 g/mol. The lowest BCUT2D eigenvalue weighted by molar-refractivity contribution is 0.454. The van der Waals surface area contributed by atoms with E-state index in [1.807, 2.05) is 24.4 Å². The molecule has 0 aliphatic rings. The number of allylic oxidation sites excluding steroid dienone is 1. The summed E-state index contributed by atoms with van der Waals surface area (Å²) in [5, 5.41) is 8.04. The van der Waals surface area contributed by atoms with Crippen molar-refractivity contribution in [1.82, 2.24) is 18.9 Å². The normalized spacial score (nSPS) is 12.1. The van der Waals surface area contributed by atoms with E-state index in [0.29, 0.717) is 24.3 Å². The van der Waals surface area contributed by atoms with Gasteiger partial charge in [-0.25, -0.2) is 8.42 Å². The van der Waals surface area contributed by atoms with Crippen molar-refractivity contribution in [1.29, 1.82) is 0 Å². The maximum absolute atomic E-state index is 12.1. The summed E-state index contributed by atoms with van der Waals surface area (Å²) in [5.74, 6) is 0.724. The van der Waals surface area contributed by atoms with Gasteiger partial charge in [-0.15, -0.1) is 16.8 Å². The van der Waals surface area contributed by atoms with Gasteiger partial charge in [0.15, 0.2) is 11.5 Å². The minimum absolute atomic E-state index is 0.117. The molecule has 0 bridgehead atoms. The van der Waals surface area contributed by atoms with Crippen molar-refractivity contribution < 1.29 is 8.42 Å². The highest BCUT2D eigenvalue weighted by Gasteiger charge is 2.19. The molecular formula is C13H18N4O2S. The zero-order valence-electron chi connectivity index (χ0n) is 11.4. The topological polar surface area (TPSA) is 67.6 Å². The van der Waals surface area contributed by atoms with E-state index in [-0.39, 0.29) is 12.3 Å². The van der Waals surface area contributed by atoms with E-state index in [9.17, 15) is 8.42 Å². The number of fused-ring (bicyclic) bond motifs is 1. The molecule has 0 aliphatic heterocycles. The van der Waals surface area contributed by atoms with Crippen LogP contribution in [0, 0.1) is 0 Å². The van der Waals surface area contributed by atoms with Gasteiger partial charge in [-0.1, -0.05) is 12.1 Å². The van der Waals surface area contributed by atoms with Crippen molar-refractivity contribution >= 4 is 15.7 Å². The zero-order chi connectivity index (χ0) is 14.6. The third-order valence-electron chi connectivity index (χ3n) is 3.03. The summed E-state index contributed by atoms with van der Waals surface area (Å²) in [7, 11) is -1.71. The Bertz CT molecular complexity index is 693. The molecule has 20 heavy (non-hydrogen) atoms. The number of sulfonamides is 1. The summed E-state index contributed by atoms with van der Waals surface area (Å²) in [6, 6.07) is 5.55. The molecule has 0 saturated carbocycles. The Labute approximate surface area is 118 Å². The van der Waals surface area contributed by atoms with E-state index in [1.165, 1.54) is 4.31 Å². The average Bonchev–Trinajstić information content (AvgIpc) is 2.82. The van der Waals surface area contributed by atoms with Crippen LogP contribution in [0.4, 0.5) is 0 Å². The molecule has 2 aromatic heterocycles. The molecule has 2 rings (SSSR count). The van der Waals surface area contributed by atoms with Crippen molar-refractivity contribution in [3.63, 3.8) is 0 Å². The molecule has 0 fully saturated rings. The maximum atomic E-state index is 12.1. The van der Waals surface area contributed by atoms with Crippen LogP contribution in [-0.4, -0.2) is 40.1 Å². The lowest BCUT2D eigenvalue weighted by Gasteiger charge is -2.15. The average molecular weight is 294 g/mol. The number of rotatable bonds is 7. The second kappa shape index (κ2) is 6.15. The minimum atomic E-state index is -3.27. The predicted octanol–water partition coefficient (Wildman–Crippen LogP) is 1.46. The van der Waals surface area contributed by atoms with E-state index in [0.717, 1.165) is 0 Å². The summed E-state index contributed by atoms with van der Waals surface area (Å²) in [5.41, 5.74) is 0.708. The van der Waals surface area contributed by atoms with Gasteiger partial charge in [0, 0.05) is 13.2 Å². The molecule has 108 valence electrons. The van der Waals surface area contributed by atoms with Crippen LogP contribution < -0.4 is 0 Å². The van der Waals surface area contributed by atoms with Gasteiger partial charge in [0.05, 0.1) is 12.3 Å². The van der Waals surface area contributed by atoms with E-state index in [4.69, 9.17) is 0 Å². The van der Waals surface area contributed by atoms with Crippen molar-refractivity contribution in [2.24, 2.45) is 0 Å². The first-order chi connectivity index (χ1) is 9.54. The Morgan fingerprint density at radius 3 is 2.95 bits per heavy atom. The molecule has 2 aromatic rings. The van der Waals surface area contributed by atoms with Crippen LogP contribution in [0.25, 0.3) is 5.65 Å². The summed E-state index contributed by atoms with van der Waals surface area (Å²) < 4.78 is 27.3. The number of hydrogen-bond acceptors (Lipinski definition) is 4. The fraction of sp³-hybridized carbons (Fsp3) is 0.385. The van der Waals surface area contributed by atoms with Crippen LogP contribution in [0.3, 0.4) is 0 Å². The molecule has 0 aromatic carbocycles. The second-order valence-corrected chi connectivity index (χ2v) is 6.74. The first-order valence-electron chi connectivity index (χ1n) is 6.38. The third kappa shape index (κ3) is 3.23. The quantitative estimate of drug-likeness (QED) is 0.572. The number of nitrogens with zero attached hydrogens (tertiary/aromatic N) is 4. The van der Waals surface area contributed by atoms with Crippen molar-refractivity contribution in [2.45, 2.75) is 19.4 Å². The first kappa shape index (κ1) is 14.7. The van der Waals surface area contributed by atoms with Gasteiger partial charge in [0.25, 0.3) is 0 Å². The van der Waals surface area contributed by atoms with Gasteiger partial charge in [-0.3, -0.25) is 4.40 Å². The van der Waals surface area contributed by atoms with E-state index < -0.39 is 10.0 Å². The monoisotopic (exact) mass is 294 g/mol. The molecule has 0 atom stereocenters. The summed E-state index contributed by atoms with van der Waals surface area (Å²) in [4.78, 5) is 0. The summed E-state index contributed by atoms with van der Waals surface area (Å²) in [6.45, 7) is 3.80. The fourth-order valence-electron chi connectivity index (χ4n) is 1.86. The number of aromatic nitrogens is 3. The van der Waals surface area contributed by atoms with Crippen molar-refractivity contribution in [2.75, 3.05) is 12.8 Å². The van der Waals surface area contributed by atoms with Gasteiger partial charge in [-0.05, 0) is 25.0 Å². The molecule has 7 heteroatoms. The van der Waals surface area contributed by atoms with E-state index >= 15 is 0 Å². The Morgan fingerprint density at radius 1 is 1.40 bits per heavy atom. The molecule has 2 heterocycles. The fourth-order valence-corrected chi connectivity index (χ4v) is 3.02. The Hall–Kier alpha value is -1.73. The molecule has 0 aliphatic carbocycles. The number of pyridine rings is 1. The van der Waals surface area contributed by atoms with E-state index in [1.54, 1.807) is 17.5 Å². The second-order valence-electron chi connectivity index (χ2n) is 4.55. The van der Waals surface area contributed by atoms with Gasteiger partial charge >= 0.3 is 0 Å². The Kier molecular flexibility index (Phi) is 4.51. The predicted molar refractivity (Wildman–Crippen MR) is 77.7 cm³/mol. The van der Waals surface area contributed by atoms with E-state index in [2.05, 4.69) is 16.8 Å². The van der Waals surface area contributed by atoms with Crippen LogP contribution in [0.2, 0.25) is 0 Å². The highest BCUT2D eigenvalue weighted by Crippen LogP contribution is 2.09. The van der Waals surface area contributed by atoms with Gasteiger partial charge in [0.2, 0.25) is 10.0 Å². The van der Waals surface area contributed by atoms with Crippen LogP contribution in [0.1, 0.15) is 18.7 Å². The molecule has 0 radical (unpaired) electrons. The standard InChI is InChI=1S/C13H18N4O2S/c1-3-4-7-10-20(18,19)16(2)11-13-15-14-12-8-5-6-9-17(12)13/h3,5-6,8-9H,1,4,7,10-11H2,2H3. The molecule has 0 unspecified atom stereocenters. The third-order valence-corrected chi connectivity index (χ3v) is 4.92. The molecule has 0 N–H and O–H groups in total. The molecule has 0 amide bonds. The van der Waals surface area contributed by atoms with Crippen LogP contribution in [0.5, 0.6) is 0 Å². The molecule has 0 saturated heterocycles. The summed E-state index contributed by atoms with van der Waals surface area (Å²) in [6.07, 6.45) is 4.82. The number of unbranched alkanes of at least 4 members (excludes halogenated alkanes) is 1. The van der Waals surface area contributed by atoms with Crippen molar-refractivity contribution in [3.8, 4) is 0 Å². The highest BCUT2D eigenvalue weighted by atomic mass is 32.2. The maximum Gasteiger partial charge on any atom is 0.214 e. The van der Waals surface area contributed by atoms with Crippen molar-refractivity contribution in [3.05, 3.63) is 42.9 Å². The van der Waals surface area contributed by atoms with Crippen LogP contribution in [0.15, 0.2) is 37.1 Å². The first-order valence-corrected chi connectivity index (χ1v) is 7.99. The molecule has 6 nitrogen and oxygen atoms in total. The minimum Gasteiger partial charge on any atom is -0.285 e.